The van der Waals surface area contributed by atoms with Gasteiger partial charge in [-0.05, 0) is 61.3 Å². The van der Waals surface area contributed by atoms with Gasteiger partial charge in [0.2, 0.25) is 10.0 Å². The van der Waals surface area contributed by atoms with Gasteiger partial charge in [-0.25, -0.2) is 8.42 Å². The molecule has 2 aromatic heterocycles. The van der Waals surface area contributed by atoms with Crippen molar-refractivity contribution in [3.05, 3.63) is 46.3 Å². The highest BCUT2D eigenvalue weighted by atomic mass is 32.2. The maximum atomic E-state index is 13.0. The van der Waals surface area contributed by atoms with Crippen LogP contribution in [0.3, 0.4) is 0 Å². The van der Waals surface area contributed by atoms with Crippen LogP contribution in [0, 0.1) is 24.7 Å². The number of aromatic nitrogens is 2. The summed E-state index contributed by atoms with van der Waals surface area (Å²) < 4.78 is 38.3. The molecule has 0 amide bonds. The van der Waals surface area contributed by atoms with Gasteiger partial charge in [0.05, 0.1) is 6.04 Å². The minimum absolute atomic E-state index is 0.0495. The average Bonchev–Trinajstić information content (AvgIpc) is 3.51. The Morgan fingerprint density at radius 1 is 1.21 bits per heavy atom. The smallest absolute Gasteiger partial charge is 0.371 e. The Hall–Kier alpha value is -3.25. The number of nitrogens with one attached hydrogen (secondary N) is 3. The number of phenolic OH excluding ortho intramolecular Hbond substituents is 1. The van der Waals surface area contributed by atoms with E-state index in [1.165, 1.54) is 22.5 Å². The number of sulfonamides is 1. The molecule has 0 unspecified atom stereocenters. The molecule has 0 radical (unpaired) electrons. The molecule has 12 heteroatoms. The standard InChI is InChI=1S/C22H29N5O6S/c1-13(2)19(17-12-14(3)15(4)32-17)24-21-22(27(29)33-25-21)23-16-8-7-9-18(20(16)28)34(30,31)26-10-5-6-11-26/h7-9,12-13,19,23H,5-6,10-11H2,1-4H3,(H2-,24,25,28,29)/p+1/t19-/m1/s1. The van der Waals surface area contributed by atoms with Crippen LogP contribution in [-0.2, 0) is 10.0 Å². The second-order valence-electron chi connectivity index (χ2n) is 8.82. The highest BCUT2D eigenvalue weighted by Gasteiger charge is 2.32. The van der Waals surface area contributed by atoms with Crippen molar-refractivity contribution >= 4 is 27.3 Å². The third-order valence-corrected chi connectivity index (χ3v) is 7.97. The number of hydrogen-bond acceptors (Lipinski definition) is 8. The van der Waals surface area contributed by atoms with Crippen LogP contribution in [0.2, 0.25) is 0 Å². The van der Waals surface area contributed by atoms with Gasteiger partial charge in [0.25, 0.3) is 5.82 Å². The largest absolute Gasteiger partial charge is 0.503 e. The number of hydrogen-bond donors (Lipinski definition) is 4. The maximum Gasteiger partial charge on any atom is 0.371 e. The third kappa shape index (κ3) is 4.42. The number of anilines is 3. The van der Waals surface area contributed by atoms with Crippen LogP contribution in [0.4, 0.5) is 17.3 Å². The number of aryl methyl sites for hydroxylation is 2. The Balaban J connectivity index is 1.65. The first-order chi connectivity index (χ1) is 16.1. The zero-order valence-corrected chi connectivity index (χ0v) is 20.4. The lowest BCUT2D eigenvalue weighted by molar-refractivity contribution is -0.701. The van der Waals surface area contributed by atoms with Crippen LogP contribution in [-0.4, -0.2) is 36.1 Å². The third-order valence-electron chi connectivity index (χ3n) is 6.04. The minimum atomic E-state index is -3.86. The number of benzene rings is 1. The van der Waals surface area contributed by atoms with E-state index in [-0.39, 0.29) is 38.8 Å². The van der Waals surface area contributed by atoms with Crippen molar-refractivity contribution in [2.75, 3.05) is 23.7 Å². The van der Waals surface area contributed by atoms with Crippen molar-refractivity contribution in [3.63, 3.8) is 0 Å². The lowest BCUT2D eigenvalue weighted by Crippen LogP contribution is -2.28. The van der Waals surface area contributed by atoms with Crippen molar-refractivity contribution in [1.29, 1.82) is 0 Å². The van der Waals surface area contributed by atoms with E-state index in [2.05, 4.69) is 15.8 Å². The summed E-state index contributed by atoms with van der Waals surface area (Å²) in [5.74, 6) is 1.26. The minimum Gasteiger partial charge on any atom is -0.503 e. The molecule has 4 N–H and O–H groups in total. The quantitative estimate of drug-likeness (QED) is 0.348. The van der Waals surface area contributed by atoms with E-state index in [0.29, 0.717) is 18.8 Å². The number of H-pyrrole nitrogens is 1. The summed E-state index contributed by atoms with van der Waals surface area (Å²) in [4.78, 5) is 12.2. The van der Waals surface area contributed by atoms with Gasteiger partial charge in [-0.15, -0.1) is 4.63 Å². The van der Waals surface area contributed by atoms with Gasteiger partial charge in [0.15, 0.2) is 10.3 Å². The van der Waals surface area contributed by atoms with E-state index in [9.17, 15) is 18.4 Å². The zero-order chi connectivity index (χ0) is 24.6. The first kappa shape index (κ1) is 23.9. The number of para-hydroxylation sites is 1. The molecule has 1 fully saturated rings. The fourth-order valence-corrected chi connectivity index (χ4v) is 5.60. The van der Waals surface area contributed by atoms with Gasteiger partial charge in [0, 0.05) is 13.1 Å². The molecule has 1 aromatic carbocycles. The molecular formula is C22H30N5O6S+. The Morgan fingerprint density at radius 2 is 1.91 bits per heavy atom. The Kier molecular flexibility index (Phi) is 6.45. The van der Waals surface area contributed by atoms with E-state index in [4.69, 9.17) is 9.05 Å². The SMILES string of the molecule is Cc1cc([C@H](Nc2[nH]o[n+](=O)c2Nc2cccc(S(=O)(=O)N3CCCC3)c2O)C(C)C)oc1C. The molecule has 1 aliphatic heterocycles. The van der Waals surface area contributed by atoms with Crippen LogP contribution in [0.15, 0.2) is 38.2 Å². The van der Waals surface area contributed by atoms with Crippen LogP contribution in [0.5, 0.6) is 5.75 Å². The Bertz CT molecular complexity index is 1310. The van der Waals surface area contributed by atoms with Crippen molar-refractivity contribution in [2.24, 2.45) is 5.92 Å². The average molecular weight is 493 g/mol. The zero-order valence-electron chi connectivity index (χ0n) is 19.6. The fourth-order valence-electron chi connectivity index (χ4n) is 3.98. The van der Waals surface area contributed by atoms with E-state index in [0.717, 1.165) is 24.2 Å². The summed E-state index contributed by atoms with van der Waals surface area (Å²) in [7, 11) is -3.86. The first-order valence-electron chi connectivity index (χ1n) is 11.2. The van der Waals surface area contributed by atoms with Crippen LogP contribution >= 0.6 is 0 Å². The molecule has 34 heavy (non-hydrogen) atoms. The van der Waals surface area contributed by atoms with Crippen molar-refractivity contribution < 1.29 is 27.2 Å². The van der Waals surface area contributed by atoms with Gasteiger partial charge in [-0.2, -0.15) is 4.31 Å². The van der Waals surface area contributed by atoms with Crippen LogP contribution < -0.4 is 15.2 Å². The van der Waals surface area contributed by atoms with Crippen LogP contribution in [0.25, 0.3) is 0 Å². The lowest BCUT2D eigenvalue weighted by Gasteiger charge is -2.19. The molecule has 1 atom stereocenters. The lowest BCUT2D eigenvalue weighted by atomic mass is 10.0. The summed E-state index contributed by atoms with van der Waals surface area (Å²) in [6.07, 6.45) is 1.56. The van der Waals surface area contributed by atoms with E-state index in [1.54, 1.807) is 0 Å². The number of furan rings is 1. The second-order valence-corrected chi connectivity index (χ2v) is 10.7. The predicted molar refractivity (Wildman–Crippen MR) is 125 cm³/mol. The van der Waals surface area contributed by atoms with Gasteiger partial charge in [-0.1, -0.05) is 25.1 Å². The number of aromatic amines is 1. The van der Waals surface area contributed by atoms with E-state index < -0.39 is 15.8 Å². The molecule has 3 heterocycles. The fraction of sp³-hybridized carbons (Fsp3) is 0.455. The molecular weight excluding hydrogens is 462 g/mol. The molecule has 1 saturated heterocycles. The van der Waals surface area contributed by atoms with Crippen molar-refractivity contribution in [1.82, 2.24) is 9.46 Å². The molecule has 3 aromatic rings. The molecule has 0 saturated carbocycles. The molecule has 11 nitrogen and oxygen atoms in total. The maximum absolute atomic E-state index is 13.0. The summed E-state index contributed by atoms with van der Waals surface area (Å²) in [6.45, 7) is 8.66. The highest BCUT2D eigenvalue weighted by molar-refractivity contribution is 7.89. The van der Waals surface area contributed by atoms with E-state index >= 15 is 0 Å². The highest BCUT2D eigenvalue weighted by Crippen LogP contribution is 2.37. The predicted octanol–water partition coefficient (Wildman–Crippen LogP) is 3.77. The number of aromatic hydroxyl groups is 1. The molecule has 1 aliphatic rings. The van der Waals surface area contributed by atoms with Gasteiger partial charge < -0.3 is 14.8 Å². The molecule has 0 spiro atoms. The molecule has 4 rings (SSSR count). The number of rotatable bonds is 8. The van der Waals surface area contributed by atoms with Crippen molar-refractivity contribution in [3.8, 4) is 5.75 Å². The Labute approximate surface area is 197 Å². The monoisotopic (exact) mass is 492 g/mol. The number of nitrogens with zero attached hydrogens (tertiary/aromatic N) is 2. The molecule has 0 bridgehead atoms. The van der Waals surface area contributed by atoms with Crippen molar-refractivity contribution in [2.45, 2.75) is 51.5 Å². The van der Waals surface area contributed by atoms with Gasteiger partial charge in [-0.3, -0.25) is 5.32 Å². The first-order valence-corrected chi connectivity index (χ1v) is 12.6. The van der Waals surface area contributed by atoms with Crippen LogP contribution in [0.1, 0.15) is 49.8 Å². The topological polar surface area (TPSA) is 147 Å². The van der Waals surface area contributed by atoms with E-state index in [1.807, 2.05) is 33.8 Å². The van der Waals surface area contributed by atoms with Gasteiger partial charge in [0.1, 0.15) is 22.1 Å². The normalized spacial score (nSPS) is 15.7. The molecule has 0 aliphatic carbocycles. The summed E-state index contributed by atoms with van der Waals surface area (Å²) in [6, 6.07) is 5.97. The summed E-state index contributed by atoms with van der Waals surface area (Å²) in [5, 5.41) is 19.3. The summed E-state index contributed by atoms with van der Waals surface area (Å²) in [5.41, 5.74) is 1.06. The second kappa shape index (κ2) is 9.18. The Morgan fingerprint density at radius 3 is 2.53 bits per heavy atom. The molecule has 184 valence electrons. The number of phenols is 1. The summed E-state index contributed by atoms with van der Waals surface area (Å²) >= 11 is 0. The van der Waals surface area contributed by atoms with Gasteiger partial charge >= 0.3 is 5.82 Å².